The Hall–Kier alpha value is -1.08. The second-order valence-electron chi connectivity index (χ2n) is 4.08. The van der Waals surface area contributed by atoms with Crippen LogP contribution >= 0.6 is 0 Å². The standard InChI is InChI=1S/C11H14F3NO2S/c1-6(18(3,16)17)11(15-2)10-8(13)4-7(12)5-9(10)14/h4-6,11,15H,1-3H3. The Kier molecular flexibility index (Phi) is 4.39. The molecule has 0 fully saturated rings. The smallest absolute Gasteiger partial charge is 0.151 e. The van der Waals surface area contributed by atoms with Crippen LogP contribution in [0.25, 0.3) is 0 Å². The first-order chi connectivity index (χ1) is 8.18. The molecule has 0 aliphatic heterocycles. The van der Waals surface area contributed by atoms with Gasteiger partial charge in [0.25, 0.3) is 0 Å². The zero-order chi connectivity index (χ0) is 14.1. The summed E-state index contributed by atoms with van der Waals surface area (Å²) in [6, 6.07) is -0.0317. The van der Waals surface area contributed by atoms with Crippen LogP contribution in [-0.4, -0.2) is 27.0 Å². The quantitative estimate of drug-likeness (QED) is 0.915. The lowest BCUT2D eigenvalue weighted by atomic mass is 10.0. The first kappa shape index (κ1) is 15.0. The molecule has 1 aromatic rings. The summed E-state index contributed by atoms with van der Waals surface area (Å²) in [6.45, 7) is 1.33. The van der Waals surface area contributed by atoms with E-state index in [0.717, 1.165) is 6.26 Å². The van der Waals surface area contributed by atoms with E-state index < -0.39 is 44.1 Å². The monoisotopic (exact) mass is 281 g/mol. The molecule has 102 valence electrons. The number of benzene rings is 1. The molecule has 0 aromatic heterocycles. The van der Waals surface area contributed by atoms with Crippen molar-refractivity contribution in [2.45, 2.75) is 18.2 Å². The average Bonchev–Trinajstić information content (AvgIpc) is 2.20. The van der Waals surface area contributed by atoms with Crippen LogP contribution in [0.3, 0.4) is 0 Å². The highest BCUT2D eigenvalue weighted by atomic mass is 32.2. The van der Waals surface area contributed by atoms with Gasteiger partial charge in [0.15, 0.2) is 9.84 Å². The van der Waals surface area contributed by atoms with Crippen molar-refractivity contribution in [2.24, 2.45) is 0 Å². The summed E-state index contributed by atoms with van der Waals surface area (Å²) in [4.78, 5) is 0. The van der Waals surface area contributed by atoms with Crippen LogP contribution in [0.2, 0.25) is 0 Å². The van der Waals surface area contributed by atoms with Crippen LogP contribution in [0, 0.1) is 17.5 Å². The van der Waals surface area contributed by atoms with Crippen LogP contribution in [0.5, 0.6) is 0 Å². The molecule has 0 bridgehead atoms. The molecule has 0 radical (unpaired) electrons. The normalized spacial score (nSPS) is 15.4. The third-order valence-corrected chi connectivity index (χ3v) is 4.43. The minimum atomic E-state index is -3.50. The molecule has 2 atom stereocenters. The lowest BCUT2D eigenvalue weighted by Crippen LogP contribution is -2.34. The fourth-order valence-corrected chi connectivity index (χ4v) is 2.48. The molecule has 1 N–H and O–H groups in total. The van der Waals surface area contributed by atoms with Crippen molar-refractivity contribution in [2.75, 3.05) is 13.3 Å². The summed E-state index contributed by atoms with van der Waals surface area (Å²) in [5, 5.41) is 1.50. The van der Waals surface area contributed by atoms with Crippen LogP contribution < -0.4 is 5.32 Å². The molecule has 1 aromatic carbocycles. The van der Waals surface area contributed by atoms with Gasteiger partial charge in [0.05, 0.1) is 11.3 Å². The first-order valence-corrected chi connectivity index (χ1v) is 7.14. The second kappa shape index (κ2) is 5.27. The highest BCUT2D eigenvalue weighted by molar-refractivity contribution is 7.91. The maximum Gasteiger partial charge on any atom is 0.151 e. The molecule has 2 unspecified atom stereocenters. The van der Waals surface area contributed by atoms with E-state index in [9.17, 15) is 21.6 Å². The molecule has 1 rings (SSSR count). The third-order valence-electron chi connectivity index (χ3n) is 2.81. The zero-order valence-corrected chi connectivity index (χ0v) is 11.0. The summed E-state index contributed by atoms with van der Waals surface area (Å²) >= 11 is 0. The lowest BCUT2D eigenvalue weighted by molar-refractivity contribution is 0.465. The van der Waals surface area contributed by atoms with E-state index >= 15 is 0 Å². The van der Waals surface area contributed by atoms with E-state index in [-0.39, 0.29) is 0 Å². The van der Waals surface area contributed by atoms with E-state index in [1.54, 1.807) is 0 Å². The largest absolute Gasteiger partial charge is 0.312 e. The van der Waals surface area contributed by atoms with Gasteiger partial charge in [0, 0.05) is 24.0 Å². The fraction of sp³-hybridized carbons (Fsp3) is 0.455. The molecule has 3 nitrogen and oxygen atoms in total. The molecular weight excluding hydrogens is 267 g/mol. The summed E-state index contributed by atoms with van der Waals surface area (Å²) in [7, 11) is -2.11. The van der Waals surface area contributed by atoms with E-state index in [4.69, 9.17) is 0 Å². The number of hydrogen-bond donors (Lipinski definition) is 1. The molecule has 0 aliphatic carbocycles. The van der Waals surface area contributed by atoms with Gasteiger partial charge >= 0.3 is 0 Å². The predicted molar refractivity (Wildman–Crippen MR) is 62.4 cm³/mol. The van der Waals surface area contributed by atoms with Gasteiger partial charge in [-0.05, 0) is 14.0 Å². The lowest BCUT2D eigenvalue weighted by Gasteiger charge is -2.23. The number of halogens is 3. The minimum Gasteiger partial charge on any atom is -0.312 e. The maximum absolute atomic E-state index is 13.6. The molecule has 0 spiro atoms. The maximum atomic E-state index is 13.6. The van der Waals surface area contributed by atoms with E-state index in [1.165, 1.54) is 14.0 Å². The van der Waals surface area contributed by atoms with Crippen molar-refractivity contribution >= 4 is 9.84 Å². The van der Waals surface area contributed by atoms with Gasteiger partial charge in [-0.25, -0.2) is 21.6 Å². The van der Waals surface area contributed by atoms with E-state index in [0.29, 0.717) is 12.1 Å². The van der Waals surface area contributed by atoms with E-state index in [2.05, 4.69) is 5.32 Å². The molecular formula is C11H14F3NO2S. The Balaban J connectivity index is 3.35. The molecule has 0 heterocycles. The SMILES string of the molecule is CNC(c1c(F)cc(F)cc1F)C(C)S(C)(=O)=O. The Morgan fingerprint density at radius 1 is 1.17 bits per heavy atom. The third kappa shape index (κ3) is 3.02. The van der Waals surface area contributed by atoms with Crippen LogP contribution in [0.15, 0.2) is 12.1 Å². The summed E-state index contributed by atoms with van der Waals surface area (Å²) in [5.74, 6) is -3.26. The van der Waals surface area contributed by atoms with Crippen LogP contribution in [-0.2, 0) is 9.84 Å². The van der Waals surface area contributed by atoms with Gasteiger partial charge in [-0.15, -0.1) is 0 Å². The van der Waals surface area contributed by atoms with Crippen molar-refractivity contribution in [3.8, 4) is 0 Å². The van der Waals surface area contributed by atoms with E-state index in [1.807, 2.05) is 0 Å². The second-order valence-corrected chi connectivity index (χ2v) is 6.49. The molecule has 18 heavy (non-hydrogen) atoms. The highest BCUT2D eigenvalue weighted by Crippen LogP contribution is 2.27. The number of hydrogen-bond acceptors (Lipinski definition) is 3. The molecule has 0 amide bonds. The highest BCUT2D eigenvalue weighted by Gasteiger charge is 2.30. The number of nitrogens with one attached hydrogen (secondary N) is 1. The minimum absolute atomic E-state index is 0.475. The van der Waals surface area contributed by atoms with Gasteiger partial charge in [0.1, 0.15) is 17.5 Å². The molecule has 0 saturated heterocycles. The van der Waals surface area contributed by atoms with Crippen LogP contribution in [0.4, 0.5) is 13.2 Å². The Labute approximate surface area is 104 Å². The van der Waals surface area contributed by atoms with Crippen molar-refractivity contribution < 1.29 is 21.6 Å². The van der Waals surface area contributed by atoms with Gasteiger partial charge in [-0.1, -0.05) is 0 Å². The predicted octanol–water partition coefficient (Wildman–Crippen LogP) is 1.80. The summed E-state index contributed by atoms with van der Waals surface area (Å²) in [5.41, 5.74) is -0.475. The van der Waals surface area contributed by atoms with Gasteiger partial charge in [-0.2, -0.15) is 0 Å². The van der Waals surface area contributed by atoms with Crippen molar-refractivity contribution in [3.05, 3.63) is 35.1 Å². The number of rotatable bonds is 4. The Morgan fingerprint density at radius 2 is 1.61 bits per heavy atom. The van der Waals surface area contributed by atoms with Gasteiger partial charge in [-0.3, -0.25) is 0 Å². The Morgan fingerprint density at radius 3 is 1.94 bits per heavy atom. The van der Waals surface area contributed by atoms with Crippen LogP contribution in [0.1, 0.15) is 18.5 Å². The summed E-state index contributed by atoms with van der Waals surface area (Å²) < 4.78 is 62.8. The van der Waals surface area contributed by atoms with Crippen molar-refractivity contribution in [3.63, 3.8) is 0 Å². The van der Waals surface area contributed by atoms with Gasteiger partial charge in [0.2, 0.25) is 0 Å². The zero-order valence-electron chi connectivity index (χ0n) is 10.2. The molecule has 0 aliphatic rings. The van der Waals surface area contributed by atoms with Crippen molar-refractivity contribution in [1.29, 1.82) is 0 Å². The number of sulfone groups is 1. The molecule has 7 heteroatoms. The Bertz CT molecular complexity index is 522. The topological polar surface area (TPSA) is 46.2 Å². The molecule has 0 saturated carbocycles. The fourth-order valence-electron chi connectivity index (χ4n) is 1.71. The average molecular weight is 281 g/mol. The van der Waals surface area contributed by atoms with Crippen molar-refractivity contribution in [1.82, 2.24) is 5.32 Å². The summed E-state index contributed by atoms with van der Waals surface area (Å²) in [6.07, 6.45) is 0.974. The first-order valence-electron chi connectivity index (χ1n) is 5.19. The van der Waals surface area contributed by atoms with Gasteiger partial charge < -0.3 is 5.32 Å².